The highest BCUT2D eigenvalue weighted by Crippen LogP contribution is 2.16. The molecule has 1 aliphatic rings. The molecule has 8 heteroatoms. The Kier molecular flexibility index (Phi) is 8.98. The van der Waals surface area contributed by atoms with E-state index in [1.54, 1.807) is 23.1 Å². The molecule has 0 unspecified atom stereocenters. The van der Waals surface area contributed by atoms with E-state index in [4.69, 9.17) is 4.74 Å². The maximum atomic E-state index is 14.0. The van der Waals surface area contributed by atoms with Crippen LogP contribution in [0.15, 0.2) is 24.3 Å². The van der Waals surface area contributed by atoms with Crippen LogP contribution in [-0.2, 0) is 25.7 Å². The second-order valence-electron chi connectivity index (χ2n) is 8.86. The lowest BCUT2D eigenvalue weighted by molar-refractivity contribution is -0.142. The van der Waals surface area contributed by atoms with Gasteiger partial charge in [-0.25, -0.2) is 4.39 Å². The third-order valence-electron chi connectivity index (χ3n) is 5.15. The second-order valence-corrected chi connectivity index (χ2v) is 8.86. The fraction of sp³-hybridized carbons (Fsp3) is 0.609. The van der Waals surface area contributed by atoms with Crippen LogP contribution in [0.25, 0.3) is 0 Å². The van der Waals surface area contributed by atoms with Gasteiger partial charge in [0.15, 0.2) is 0 Å². The van der Waals surface area contributed by atoms with Crippen molar-refractivity contribution in [3.8, 4) is 0 Å². The minimum Gasteiger partial charge on any atom is -0.370 e. The average molecular weight is 436 g/mol. The van der Waals surface area contributed by atoms with Gasteiger partial charge in [-0.2, -0.15) is 0 Å². The van der Waals surface area contributed by atoms with Crippen molar-refractivity contribution < 1.29 is 23.5 Å². The van der Waals surface area contributed by atoms with Crippen molar-refractivity contribution in [2.45, 2.75) is 53.4 Å². The third-order valence-corrected chi connectivity index (χ3v) is 5.15. The van der Waals surface area contributed by atoms with Crippen molar-refractivity contribution in [1.29, 1.82) is 0 Å². The van der Waals surface area contributed by atoms with E-state index in [0.29, 0.717) is 18.7 Å². The Morgan fingerprint density at radius 3 is 2.45 bits per heavy atom. The minimum atomic E-state index is -0.728. The minimum absolute atomic E-state index is 0.0440. The number of benzene rings is 1. The largest absolute Gasteiger partial charge is 0.370 e. The lowest BCUT2D eigenvalue weighted by atomic mass is 10.0. The molecule has 31 heavy (non-hydrogen) atoms. The highest BCUT2D eigenvalue weighted by molar-refractivity contribution is 5.90. The molecule has 2 atom stereocenters. The van der Waals surface area contributed by atoms with Crippen LogP contribution in [0.2, 0.25) is 0 Å². The molecule has 7 nitrogen and oxygen atoms in total. The number of nitrogens with zero attached hydrogens (tertiary/aromatic N) is 2. The Labute approximate surface area is 183 Å². The van der Waals surface area contributed by atoms with Crippen LogP contribution < -0.4 is 5.32 Å². The molecule has 1 aromatic rings. The molecule has 1 aromatic carbocycles. The summed E-state index contributed by atoms with van der Waals surface area (Å²) < 4.78 is 20.0. The van der Waals surface area contributed by atoms with Gasteiger partial charge in [-0.3, -0.25) is 14.4 Å². The van der Waals surface area contributed by atoms with Crippen LogP contribution in [0.4, 0.5) is 4.39 Å². The SMILES string of the molecule is CC(=O)N[C@H](C(=O)N1CC(=O)N(CC(C)C)C[C@H](OCc2ccccc2F)C1)C(C)C. The zero-order valence-corrected chi connectivity index (χ0v) is 19.1. The summed E-state index contributed by atoms with van der Waals surface area (Å²) in [5, 5.41) is 2.69. The molecule has 0 aliphatic carbocycles. The molecule has 1 fully saturated rings. The average Bonchev–Trinajstić information content (AvgIpc) is 2.83. The van der Waals surface area contributed by atoms with Gasteiger partial charge < -0.3 is 19.9 Å². The van der Waals surface area contributed by atoms with Gasteiger partial charge >= 0.3 is 0 Å². The molecule has 3 amide bonds. The van der Waals surface area contributed by atoms with Crippen LogP contribution in [0, 0.1) is 17.7 Å². The van der Waals surface area contributed by atoms with Gasteiger partial charge in [0.2, 0.25) is 17.7 Å². The Hall–Kier alpha value is -2.48. The van der Waals surface area contributed by atoms with Gasteiger partial charge in [0.1, 0.15) is 11.9 Å². The molecule has 0 saturated carbocycles. The van der Waals surface area contributed by atoms with Gasteiger partial charge in [-0.15, -0.1) is 0 Å². The molecule has 1 saturated heterocycles. The second kappa shape index (κ2) is 11.2. The first-order valence-corrected chi connectivity index (χ1v) is 10.8. The van der Waals surface area contributed by atoms with Crippen molar-refractivity contribution in [2.75, 3.05) is 26.2 Å². The van der Waals surface area contributed by atoms with Gasteiger partial charge in [-0.05, 0) is 17.9 Å². The molecule has 0 spiro atoms. The van der Waals surface area contributed by atoms with Crippen molar-refractivity contribution in [2.24, 2.45) is 11.8 Å². The summed E-state index contributed by atoms with van der Waals surface area (Å²) in [4.78, 5) is 40.8. The third kappa shape index (κ3) is 7.31. The normalized spacial score (nSPS) is 18.3. The van der Waals surface area contributed by atoms with E-state index in [-0.39, 0.29) is 55.1 Å². The smallest absolute Gasteiger partial charge is 0.245 e. The molecule has 1 N–H and O–H groups in total. The van der Waals surface area contributed by atoms with E-state index in [2.05, 4.69) is 5.32 Å². The predicted molar refractivity (Wildman–Crippen MR) is 115 cm³/mol. The summed E-state index contributed by atoms with van der Waals surface area (Å²) in [7, 11) is 0. The number of hydrogen-bond acceptors (Lipinski definition) is 4. The van der Waals surface area contributed by atoms with E-state index < -0.39 is 12.1 Å². The quantitative estimate of drug-likeness (QED) is 0.679. The first-order valence-electron chi connectivity index (χ1n) is 10.8. The Morgan fingerprint density at radius 2 is 1.87 bits per heavy atom. The Balaban J connectivity index is 2.22. The number of amides is 3. The molecule has 0 bridgehead atoms. The summed E-state index contributed by atoms with van der Waals surface area (Å²) in [6, 6.07) is 5.64. The van der Waals surface area contributed by atoms with E-state index in [1.807, 2.05) is 27.7 Å². The maximum Gasteiger partial charge on any atom is 0.245 e. The van der Waals surface area contributed by atoms with Crippen LogP contribution in [-0.4, -0.2) is 65.8 Å². The van der Waals surface area contributed by atoms with Crippen LogP contribution in [0.3, 0.4) is 0 Å². The fourth-order valence-corrected chi connectivity index (χ4v) is 3.62. The molecule has 1 aliphatic heterocycles. The van der Waals surface area contributed by atoms with Crippen LogP contribution in [0.5, 0.6) is 0 Å². The van der Waals surface area contributed by atoms with Crippen LogP contribution in [0.1, 0.15) is 40.2 Å². The number of ether oxygens (including phenoxy) is 1. The van der Waals surface area contributed by atoms with Gasteiger partial charge in [0.25, 0.3) is 0 Å². The number of hydrogen-bond donors (Lipinski definition) is 1. The molecule has 0 aromatic heterocycles. The van der Waals surface area contributed by atoms with Gasteiger partial charge in [0, 0.05) is 32.1 Å². The standard InChI is InChI=1S/C23H34FN3O4/c1-15(2)10-26-11-19(31-14-18-8-6-7-9-20(18)24)12-27(13-21(26)29)23(30)22(16(3)4)25-17(5)28/h6-9,15-16,19,22H,10-14H2,1-5H3,(H,25,28)/t19-,22-/m0/s1. The lowest BCUT2D eigenvalue weighted by Crippen LogP contribution is -2.53. The predicted octanol–water partition coefficient (Wildman–Crippen LogP) is 2.20. The molecule has 172 valence electrons. The lowest BCUT2D eigenvalue weighted by Gasteiger charge is -2.29. The Bertz CT molecular complexity index is 784. The highest BCUT2D eigenvalue weighted by Gasteiger charge is 2.35. The van der Waals surface area contributed by atoms with Crippen molar-refractivity contribution in [3.05, 3.63) is 35.6 Å². The zero-order chi connectivity index (χ0) is 23.1. The number of nitrogens with one attached hydrogen (secondary N) is 1. The van der Waals surface area contributed by atoms with Crippen molar-refractivity contribution in [3.63, 3.8) is 0 Å². The highest BCUT2D eigenvalue weighted by atomic mass is 19.1. The number of carbonyl (C=O) groups is 3. The summed E-state index contributed by atoms with van der Waals surface area (Å²) in [6.45, 7) is 10.1. The summed E-state index contributed by atoms with van der Waals surface area (Å²) in [6.07, 6.45) is -0.473. The summed E-state index contributed by atoms with van der Waals surface area (Å²) >= 11 is 0. The number of carbonyl (C=O) groups excluding carboxylic acids is 3. The monoisotopic (exact) mass is 435 g/mol. The molecular formula is C23H34FN3O4. The maximum absolute atomic E-state index is 14.0. The number of halogens is 1. The van der Waals surface area contributed by atoms with Crippen LogP contribution >= 0.6 is 0 Å². The summed E-state index contributed by atoms with van der Waals surface area (Å²) in [5.74, 6) is -1.03. The van der Waals surface area contributed by atoms with E-state index >= 15 is 0 Å². The van der Waals surface area contributed by atoms with Gasteiger partial charge in [-0.1, -0.05) is 45.9 Å². The number of rotatable bonds is 8. The van der Waals surface area contributed by atoms with E-state index in [9.17, 15) is 18.8 Å². The van der Waals surface area contributed by atoms with Crippen molar-refractivity contribution in [1.82, 2.24) is 15.1 Å². The zero-order valence-electron chi connectivity index (χ0n) is 19.1. The summed E-state index contributed by atoms with van der Waals surface area (Å²) in [5.41, 5.74) is 0.421. The first kappa shape index (κ1) is 24.8. The first-order chi connectivity index (χ1) is 14.6. The van der Waals surface area contributed by atoms with Gasteiger partial charge in [0.05, 0.1) is 19.3 Å². The van der Waals surface area contributed by atoms with E-state index in [1.165, 1.54) is 17.9 Å². The molecule has 1 heterocycles. The fourth-order valence-electron chi connectivity index (χ4n) is 3.62. The molecule has 2 rings (SSSR count). The van der Waals surface area contributed by atoms with Crippen molar-refractivity contribution >= 4 is 17.7 Å². The molecule has 0 radical (unpaired) electrons. The topological polar surface area (TPSA) is 79.0 Å². The molecular weight excluding hydrogens is 401 g/mol. The van der Waals surface area contributed by atoms with E-state index in [0.717, 1.165) is 0 Å². The Morgan fingerprint density at radius 1 is 1.19 bits per heavy atom.